The Morgan fingerprint density at radius 3 is 0.880 bits per heavy atom. The van der Waals surface area contributed by atoms with Crippen LogP contribution in [0.5, 0.6) is 5.75 Å². The number of hydrogen-bond donors (Lipinski definition) is 0. The number of hydrogen-bond acceptors (Lipinski definition) is 1. The first kappa shape index (κ1) is 57.2. The lowest BCUT2D eigenvalue weighted by atomic mass is 9.12. The number of fused-ring (bicyclic) bond motifs is 1. The molecule has 0 fully saturated rings. The Morgan fingerprint density at radius 2 is 0.600 bits per heavy atom. The maximum absolute atomic E-state index is 14.2. The van der Waals surface area contributed by atoms with Crippen molar-refractivity contribution in [1.29, 1.82) is 0 Å². The molecule has 0 aliphatic rings. The first-order chi connectivity index (χ1) is 34.1. The van der Waals surface area contributed by atoms with E-state index in [0.29, 0.717) is 0 Å². The predicted molar refractivity (Wildman–Crippen MR) is 221 cm³/mol. The van der Waals surface area contributed by atoms with Gasteiger partial charge in [-0.3, -0.25) is 0 Å². The van der Waals surface area contributed by atoms with E-state index in [2.05, 4.69) is 25.1 Å². The molecule has 7 aromatic rings. The van der Waals surface area contributed by atoms with Gasteiger partial charge in [0.2, 0.25) is 11.9 Å². The van der Waals surface area contributed by atoms with Gasteiger partial charge in [-0.1, -0.05) is 72.8 Å². The molecular weight excluding hydrogens is 1070 g/mol. The maximum atomic E-state index is 14.2. The molecule has 6 aromatic carbocycles. The van der Waals surface area contributed by atoms with Crippen LogP contribution >= 0.6 is 0 Å². The molecule has 1 aromatic heterocycles. The Kier molecular flexibility index (Phi) is 14.9. The highest BCUT2D eigenvalue weighted by Gasteiger charge is 2.47. The smallest absolute Gasteiger partial charge is 0.231 e. The lowest BCUT2D eigenvalue weighted by Crippen LogP contribution is -2.75. The van der Waals surface area contributed by atoms with E-state index in [1.54, 1.807) is 4.73 Å². The second-order valence-corrected chi connectivity index (χ2v) is 16.5. The second-order valence-electron chi connectivity index (χ2n) is 16.5. The van der Waals surface area contributed by atoms with Crippen molar-refractivity contribution >= 4 is 38.9 Å². The van der Waals surface area contributed by atoms with Crippen LogP contribution in [0.3, 0.4) is 0 Å². The largest absolute Gasteiger partial charge is 0.416 e. The van der Waals surface area contributed by atoms with E-state index in [1.165, 1.54) is 5.56 Å². The maximum Gasteiger partial charge on any atom is 0.416 e. The molecule has 0 aliphatic heterocycles. The summed E-state index contributed by atoms with van der Waals surface area (Å²) in [7, 11) is 0. The third kappa shape index (κ3) is 12.9. The van der Waals surface area contributed by atoms with Gasteiger partial charge in [-0.2, -0.15) is 127 Å². The molecule has 7 rings (SSSR count). The molecule has 75 heavy (non-hydrogen) atoms. The lowest BCUT2D eigenvalue weighted by molar-refractivity contribution is -0.854. The van der Waals surface area contributed by atoms with Gasteiger partial charge >= 0.3 is 49.4 Å². The number of aryl methyl sites for hydroxylation is 1. The minimum absolute atomic E-state index is 0.691. The van der Waals surface area contributed by atoms with Gasteiger partial charge in [0.25, 0.3) is 5.52 Å². The molecule has 0 aliphatic carbocycles. The molecule has 1 heterocycles. The number of para-hydroxylation sites is 1. The number of rotatable bonds is 6. The zero-order valence-corrected chi connectivity index (χ0v) is 36.8. The van der Waals surface area contributed by atoms with E-state index in [4.69, 9.17) is 4.84 Å². The summed E-state index contributed by atoms with van der Waals surface area (Å²) in [5.74, 6) is 0.844. The molecule has 0 unspecified atom stereocenters. The Balaban J connectivity index is 0.000000421. The van der Waals surface area contributed by atoms with Crippen LogP contribution < -0.4 is 31.4 Å². The fraction of sp³-hybridized carbons (Fsp3) is 0.188. The first-order valence-corrected chi connectivity index (χ1v) is 20.6. The number of aromatic nitrogens is 1. The van der Waals surface area contributed by atoms with Crippen molar-refractivity contribution in [2.24, 2.45) is 0 Å². The van der Waals surface area contributed by atoms with E-state index in [-0.39, 0.29) is 0 Å². The monoisotopic (exact) mass is 1100 g/mol. The molecule has 0 spiro atoms. The number of pyridine rings is 1. The van der Waals surface area contributed by atoms with Crippen molar-refractivity contribution < 1.29 is 115 Å². The van der Waals surface area contributed by atoms with E-state index < -0.39 is 195 Å². The molecule has 0 saturated carbocycles. The predicted octanol–water partition coefficient (Wildman–Crippen LogP) is 14.5. The van der Waals surface area contributed by atoms with E-state index >= 15 is 0 Å². The average molecular weight is 1100 g/mol. The highest BCUT2D eigenvalue weighted by molar-refractivity contribution is 7.20. The summed E-state index contributed by atoms with van der Waals surface area (Å²) in [6.07, 6.45) is -52.9. The van der Waals surface area contributed by atoms with Gasteiger partial charge in [-0.05, 0) is 61.0 Å². The molecule has 0 atom stereocenters. The topological polar surface area (TPSA) is 13.1 Å². The quantitative estimate of drug-likeness (QED) is 0.0919. The molecule has 400 valence electrons. The first-order valence-electron chi connectivity index (χ1n) is 20.6. The summed E-state index contributed by atoms with van der Waals surface area (Å²) in [6, 6.07) is 11.4. The van der Waals surface area contributed by atoms with Crippen molar-refractivity contribution in [2.75, 3.05) is 0 Å². The van der Waals surface area contributed by atoms with Crippen molar-refractivity contribution in [1.82, 2.24) is 0 Å². The van der Waals surface area contributed by atoms with Crippen molar-refractivity contribution in [2.45, 2.75) is 56.3 Å². The number of nitrogens with zero attached hydrogens (tertiary/aromatic N) is 1. The van der Waals surface area contributed by atoms with E-state index in [9.17, 15) is 105 Å². The van der Waals surface area contributed by atoms with Gasteiger partial charge in [-0.25, -0.2) is 4.84 Å². The minimum atomic E-state index is -6.13. The lowest BCUT2D eigenvalue weighted by Gasteiger charge is -2.46. The van der Waals surface area contributed by atoms with Gasteiger partial charge < -0.3 is 0 Å². The van der Waals surface area contributed by atoms with Crippen molar-refractivity contribution in [3.63, 3.8) is 0 Å². The molecule has 27 heteroatoms. The third-order valence-corrected chi connectivity index (χ3v) is 11.3. The molecule has 0 saturated heterocycles. The van der Waals surface area contributed by atoms with Crippen LogP contribution in [0.25, 0.3) is 10.9 Å². The second kappa shape index (κ2) is 19.6. The van der Waals surface area contributed by atoms with Crippen molar-refractivity contribution in [3.8, 4) is 5.75 Å². The highest BCUT2D eigenvalue weighted by Crippen LogP contribution is 2.41. The van der Waals surface area contributed by atoms with Crippen LogP contribution in [-0.4, -0.2) is 6.15 Å². The third-order valence-electron chi connectivity index (χ3n) is 11.3. The van der Waals surface area contributed by atoms with Gasteiger partial charge in [0.05, 0.1) is 49.9 Å². The Labute approximate surface area is 405 Å². The summed E-state index contributed by atoms with van der Waals surface area (Å²) in [5, 5.41) is 1.16. The Bertz CT molecular complexity index is 2770. The van der Waals surface area contributed by atoms with Crippen LogP contribution in [0.2, 0.25) is 0 Å². The van der Waals surface area contributed by atoms with Crippen LogP contribution in [-0.2, 0) is 49.4 Å². The zero-order chi connectivity index (χ0) is 56.3. The van der Waals surface area contributed by atoms with Gasteiger partial charge in [0.1, 0.15) is 6.15 Å². The number of benzene rings is 6. The van der Waals surface area contributed by atoms with E-state index in [0.717, 1.165) is 16.7 Å². The van der Waals surface area contributed by atoms with Crippen LogP contribution in [0.4, 0.5) is 105 Å². The number of halogens is 24. The highest BCUT2D eigenvalue weighted by atomic mass is 19.4. The van der Waals surface area contributed by atoms with Gasteiger partial charge in [0, 0.05) is 16.9 Å². The molecule has 0 amide bonds. The summed E-state index contributed by atoms with van der Waals surface area (Å²) < 4.78 is 343. The molecule has 0 radical (unpaired) electrons. The normalized spacial score (nSPS) is 13.4. The van der Waals surface area contributed by atoms with Gasteiger partial charge in [0.15, 0.2) is 0 Å². The van der Waals surface area contributed by atoms with Crippen LogP contribution in [0.1, 0.15) is 50.1 Å². The van der Waals surface area contributed by atoms with Crippen LogP contribution in [0.15, 0.2) is 140 Å². The zero-order valence-electron chi connectivity index (χ0n) is 36.8. The Hall–Kier alpha value is -7.09. The molecule has 0 N–H and O–H groups in total. The Morgan fingerprint density at radius 1 is 0.320 bits per heavy atom. The molecule has 2 nitrogen and oxygen atoms in total. The SMILES string of the molecule is Cc1cccc(O[n+]2cccc3ccccc32)c1.FC(F)(F)c1cc([B-](c2cc(C(F)(F)F)cc(C(F)(F)F)c2)(c2cc(C(F)(F)F)cc(C(F)(F)F)c2)c2cc(C(F)(F)F)cc(C(F)(F)F)c2)cc(C(F)(F)F)c1. The minimum Gasteiger partial charge on any atom is -0.231 e. The summed E-state index contributed by atoms with van der Waals surface area (Å²) in [5.41, 5.74) is -28.0. The molecule has 0 bridgehead atoms. The van der Waals surface area contributed by atoms with Gasteiger partial charge in [-0.15, -0.1) is 0 Å². The van der Waals surface area contributed by atoms with Crippen LogP contribution in [0, 0.1) is 6.92 Å². The standard InChI is InChI=1S/C32H12BF24.C16H14NO/c34-25(35,36)13-1-14(26(37,38)39)6-21(5-13)33(22-7-15(27(40,41)42)2-16(8-22)28(43,44)45,23-9-17(29(46,47)48)3-18(10-23)30(49,50)51)24-11-19(31(52,53)54)4-20(12-24)32(55,56)57;1-13-6-4-9-15(12-13)18-17-11-5-8-14-7-2-3-10-16(14)17/h1-12H;2-12H,1H3/q-1;+1. The molecular formula is C48H26BF24NO. The summed E-state index contributed by atoms with van der Waals surface area (Å²) in [6.45, 7) is 2.06. The van der Waals surface area contributed by atoms with E-state index in [1.807, 2.05) is 48.7 Å². The number of alkyl halides is 24. The average Bonchev–Trinajstić information content (AvgIpc) is 3.27. The fourth-order valence-corrected chi connectivity index (χ4v) is 8.07. The van der Waals surface area contributed by atoms with Crippen molar-refractivity contribution in [3.05, 3.63) is 190 Å². The summed E-state index contributed by atoms with van der Waals surface area (Å²) in [4.78, 5) is 5.89. The summed E-state index contributed by atoms with van der Waals surface area (Å²) >= 11 is 0. The fourth-order valence-electron chi connectivity index (χ4n) is 8.07.